The molecule has 17 heavy (non-hydrogen) atoms. The van der Waals surface area contributed by atoms with Gasteiger partial charge in [-0.2, -0.15) is 0 Å². The van der Waals surface area contributed by atoms with Crippen LogP contribution in [0.1, 0.15) is 20.3 Å². The Morgan fingerprint density at radius 2 is 2.24 bits per heavy atom. The van der Waals surface area contributed by atoms with Crippen LogP contribution in [0.5, 0.6) is 0 Å². The third-order valence-corrected chi connectivity index (χ3v) is 3.32. The number of hydrogen-bond donors (Lipinski definition) is 1. The largest absolute Gasteiger partial charge is 0.366 e. The molecule has 0 fully saturated rings. The van der Waals surface area contributed by atoms with Crippen LogP contribution in [0.15, 0.2) is 21.9 Å². The summed E-state index contributed by atoms with van der Waals surface area (Å²) in [5, 5.41) is 10.1. The van der Waals surface area contributed by atoms with Crippen LogP contribution < -0.4 is 0 Å². The van der Waals surface area contributed by atoms with Gasteiger partial charge in [0.25, 0.3) is 0 Å². The second-order valence-electron chi connectivity index (χ2n) is 4.75. The summed E-state index contributed by atoms with van der Waals surface area (Å²) in [6.45, 7) is 4.54. The Balaban J connectivity index is 2.16. The highest BCUT2D eigenvalue weighted by molar-refractivity contribution is 6.45. The van der Waals surface area contributed by atoms with Crippen LogP contribution in [0.25, 0.3) is 0 Å². The van der Waals surface area contributed by atoms with Crippen LogP contribution in [0.4, 0.5) is 0 Å². The quantitative estimate of drug-likeness (QED) is 0.803. The van der Waals surface area contributed by atoms with Crippen LogP contribution >= 0.6 is 23.2 Å². The second kappa shape index (κ2) is 4.59. The molecule has 0 aromatic heterocycles. The molecule has 4 nitrogen and oxygen atoms in total. The summed E-state index contributed by atoms with van der Waals surface area (Å²) in [6.07, 6.45) is 4.43. The van der Waals surface area contributed by atoms with Gasteiger partial charge in [-0.3, -0.25) is 4.99 Å². The minimum atomic E-state index is -1.44. The molecule has 0 bridgehead atoms. The molecule has 0 radical (unpaired) electrons. The summed E-state index contributed by atoms with van der Waals surface area (Å²) in [7, 11) is 0. The number of aliphatic hydroxyl groups is 1. The maximum atomic E-state index is 10.1. The molecule has 6 heteroatoms. The minimum Gasteiger partial charge on any atom is -0.366 e. The highest BCUT2D eigenvalue weighted by atomic mass is 35.5. The molecule has 0 aromatic rings. The molecule has 0 aromatic carbocycles. The van der Waals surface area contributed by atoms with Crippen molar-refractivity contribution in [3.05, 3.63) is 11.9 Å². The summed E-state index contributed by atoms with van der Waals surface area (Å²) < 4.78 is 0. The molecule has 1 atom stereocenters. The van der Waals surface area contributed by atoms with E-state index in [1.54, 1.807) is 6.21 Å². The molecule has 0 saturated carbocycles. The van der Waals surface area contributed by atoms with Crippen molar-refractivity contribution in [2.45, 2.75) is 30.8 Å². The lowest BCUT2D eigenvalue weighted by Crippen LogP contribution is -2.39. The lowest BCUT2D eigenvalue weighted by atomic mass is 10.1. The summed E-state index contributed by atoms with van der Waals surface area (Å²) in [6, 6.07) is 0. The van der Waals surface area contributed by atoms with Gasteiger partial charge in [-0.05, 0) is 12.3 Å². The van der Waals surface area contributed by atoms with Crippen LogP contribution in [-0.2, 0) is 0 Å². The predicted molar refractivity (Wildman–Crippen MR) is 70.6 cm³/mol. The molecular weight excluding hydrogens is 261 g/mol. The first kappa shape index (κ1) is 12.9. The van der Waals surface area contributed by atoms with E-state index in [-0.39, 0.29) is 6.54 Å². The van der Waals surface area contributed by atoms with Gasteiger partial charge in [0.05, 0.1) is 18.5 Å². The monoisotopic (exact) mass is 275 g/mol. The normalized spacial score (nSPS) is 27.6. The average Bonchev–Trinajstić information content (AvgIpc) is 2.54. The van der Waals surface area contributed by atoms with Gasteiger partial charge in [-0.1, -0.05) is 37.0 Å². The van der Waals surface area contributed by atoms with Gasteiger partial charge in [0.2, 0.25) is 5.72 Å². The Morgan fingerprint density at radius 3 is 2.82 bits per heavy atom. The zero-order chi connectivity index (χ0) is 12.6. The fraction of sp³-hybridized carbons (Fsp3) is 0.636. The van der Waals surface area contributed by atoms with Crippen LogP contribution in [0.2, 0.25) is 0 Å². The van der Waals surface area contributed by atoms with E-state index in [0.717, 1.165) is 12.1 Å². The van der Waals surface area contributed by atoms with Crippen molar-refractivity contribution < 1.29 is 5.11 Å². The molecule has 94 valence electrons. The third-order valence-electron chi connectivity index (χ3n) is 2.62. The number of nitrogens with zero attached hydrogens (tertiary/aromatic N) is 3. The standard InChI is InChI=1S/C11H15Cl2N3O/c1-7(2)3-8-5-16-6-11(17,10(12)13)15-9(16)4-14-8/h4-5,7,10,17H,3,6H2,1-2H3. The molecule has 2 aliphatic heterocycles. The average molecular weight is 276 g/mol. The predicted octanol–water partition coefficient (Wildman–Crippen LogP) is 2.16. The zero-order valence-electron chi connectivity index (χ0n) is 9.77. The summed E-state index contributed by atoms with van der Waals surface area (Å²) >= 11 is 11.5. The van der Waals surface area contributed by atoms with E-state index in [1.165, 1.54) is 0 Å². The van der Waals surface area contributed by atoms with Crippen molar-refractivity contribution in [1.82, 2.24) is 4.90 Å². The van der Waals surface area contributed by atoms with Gasteiger partial charge in [0, 0.05) is 6.20 Å². The second-order valence-corrected chi connectivity index (χ2v) is 5.85. The molecule has 0 saturated heterocycles. The first-order chi connectivity index (χ1) is 7.90. The first-order valence-corrected chi connectivity index (χ1v) is 6.40. The highest BCUT2D eigenvalue weighted by Gasteiger charge is 2.42. The molecule has 2 heterocycles. The van der Waals surface area contributed by atoms with Crippen molar-refractivity contribution in [2.75, 3.05) is 6.54 Å². The van der Waals surface area contributed by atoms with E-state index < -0.39 is 10.6 Å². The Labute approximate surface area is 111 Å². The molecule has 1 N–H and O–H groups in total. The number of amidine groups is 1. The van der Waals surface area contributed by atoms with Crippen LogP contribution in [0, 0.1) is 5.92 Å². The fourth-order valence-electron chi connectivity index (χ4n) is 1.84. The SMILES string of the molecule is CC(C)CC1=CN2CC(O)(C(Cl)Cl)N=C2C=N1. The molecule has 0 spiro atoms. The number of fused-ring (bicyclic) bond motifs is 1. The number of aliphatic imine (C=N–C) groups is 2. The maximum Gasteiger partial charge on any atom is 0.206 e. The first-order valence-electron chi connectivity index (χ1n) is 5.52. The Morgan fingerprint density at radius 1 is 1.53 bits per heavy atom. The summed E-state index contributed by atoms with van der Waals surface area (Å²) in [5.74, 6) is 1.14. The molecule has 0 amide bonds. The Kier molecular flexibility index (Phi) is 3.48. The van der Waals surface area contributed by atoms with Gasteiger partial charge < -0.3 is 10.0 Å². The van der Waals surface area contributed by atoms with E-state index in [2.05, 4.69) is 23.8 Å². The van der Waals surface area contributed by atoms with Gasteiger partial charge in [0.15, 0.2) is 4.84 Å². The summed E-state index contributed by atoms with van der Waals surface area (Å²) in [5.41, 5.74) is -0.460. The van der Waals surface area contributed by atoms with E-state index >= 15 is 0 Å². The molecule has 1 unspecified atom stereocenters. The smallest absolute Gasteiger partial charge is 0.206 e. The van der Waals surface area contributed by atoms with Gasteiger partial charge in [-0.25, -0.2) is 4.99 Å². The van der Waals surface area contributed by atoms with Gasteiger partial charge in [-0.15, -0.1) is 0 Å². The van der Waals surface area contributed by atoms with E-state index in [1.807, 2.05) is 11.1 Å². The fourth-order valence-corrected chi connectivity index (χ4v) is 2.08. The Hall–Kier alpha value is -0.580. The summed E-state index contributed by atoms with van der Waals surface area (Å²) in [4.78, 5) is 9.29. The number of halogens is 2. The van der Waals surface area contributed by atoms with Gasteiger partial charge in [0.1, 0.15) is 5.84 Å². The van der Waals surface area contributed by atoms with Crippen molar-refractivity contribution in [2.24, 2.45) is 15.9 Å². The topological polar surface area (TPSA) is 48.2 Å². The number of allylic oxidation sites excluding steroid dienone is 1. The molecular formula is C11H15Cl2N3O. The minimum absolute atomic E-state index is 0.271. The molecule has 2 rings (SSSR count). The number of alkyl halides is 2. The van der Waals surface area contributed by atoms with Crippen molar-refractivity contribution >= 4 is 35.3 Å². The van der Waals surface area contributed by atoms with E-state index in [0.29, 0.717) is 11.8 Å². The lowest BCUT2D eigenvalue weighted by molar-refractivity contribution is 0.0647. The van der Waals surface area contributed by atoms with Crippen molar-refractivity contribution in [1.29, 1.82) is 0 Å². The zero-order valence-corrected chi connectivity index (χ0v) is 11.3. The van der Waals surface area contributed by atoms with Crippen molar-refractivity contribution in [3.8, 4) is 0 Å². The van der Waals surface area contributed by atoms with Crippen LogP contribution in [0.3, 0.4) is 0 Å². The van der Waals surface area contributed by atoms with Gasteiger partial charge >= 0.3 is 0 Å². The number of hydrogen-bond acceptors (Lipinski definition) is 4. The Bertz CT molecular complexity index is 404. The molecule has 0 aliphatic carbocycles. The maximum absolute atomic E-state index is 10.1. The highest BCUT2D eigenvalue weighted by Crippen LogP contribution is 2.30. The van der Waals surface area contributed by atoms with Crippen LogP contribution in [-0.4, -0.2) is 39.2 Å². The van der Waals surface area contributed by atoms with E-state index in [4.69, 9.17) is 23.2 Å². The number of rotatable bonds is 3. The molecule has 2 aliphatic rings. The third kappa shape index (κ3) is 2.64. The lowest BCUT2D eigenvalue weighted by Gasteiger charge is -2.23. The van der Waals surface area contributed by atoms with E-state index in [9.17, 15) is 5.11 Å². The van der Waals surface area contributed by atoms with Crippen molar-refractivity contribution in [3.63, 3.8) is 0 Å².